The molecule has 0 amide bonds. The number of halogens is 3. The van der Waals surface area contributed by atoms with Crippen LogP contribution >= 0.6 is 0 Å². The van der Waals surface area contributed by atoms with Gasteiger partial charge >= 0.3 is 6.18 Å². The smallest absolute Gasteiger partial charge is 0.402 e. The van der Waals surface area contributed by atoms with Gasteiger partial charge in [0, 0.05) is 11.1 Å². The van der Waals surface area contributed by atoms with E-state index in [1.807, 2.05) is 60.7 Å². The summed E-state index contributed by atoms with van der Waals surface area (Å²) in [5, 5.41) is 0. The van der Waals surface area contributed by atoms with E-state index in [2.05, 4.69) is 9.98 Å². The van der Waals surface area contributed by atoms with Gasteiger partial charge in [-0.3, -0.25) is 0 Å². The van der Waals surface area contributed by atoms with Crippen LogP contribution in [0.4, 0.5) is 24.5 Å². The number of alkyl halides is 3. The molecule has 0 saturated heterocycles. The predicted molar refractivity (Wildman–Crippen MR) is 198 cm³/mol. The molecule has 262 valence electrons. The van der Waals surface area contributed by atoms with Crippen molar-refractivity contribution in [1.82, 2.24) is 0 Å². The van der Waals surface area contributed by atoms with E-state index in [1.165, 1.54) is 55.5 Å². The van der Waals surface area contributed by atoms with E-state index >= 15 is 0 Å². The summed E-state index contributed by atoms with van der Waals surface area (Å²) in [4.78, 5) is 9.10. The fourth-order valence-corrected chi connectivity index (χ4v) is 5.51. The number of hydrogen-bond donors (Lipinski definition) is 0. The van der Waals surface area contributed by atoms with Crippen LogP contribution in [0.1, 0.15) is 29.2 Å². The number of nitrogens with zero attached hydrogens (tertiary/aromatic N) is 2. The molecule has 6 nitrogen and oxygen atoms in total. The zero-order valence-corrected chi connectivity index (χ0v) is 28.7. The van der Waals surface area contributed by atoms with Crippen molar-refractivity contribution < 1.29 is 32.1 Å². The molecule has 0 aliphatic heterocycles. The first-order chi connectivity index (χ1) is 25.2. The lowest BCUT2D eigenvalue weighted by molar-refractivity contribution is -0.173. The lowest BCUT2D eigenvalue weighted by atomic mass is 9.75. The summed E-state index contributed by atoms with van der Waals surface area (Å²) < 4.78 is 67.2. The molecule has 6 aromatic carbocycles. The van der Waals surface area contributed by atoms with Crippen molar-refractivity contribution in [1.29, 1.82) is 0 Å². The fraction of sp³-hybridized carbons (Fsp3) is 0.116. The van der Waals surface area contributed by atoms with Crippen LogP contribution in [-0.4, -0.2) is 32.2 Å². The second-order valence-electron chi connectivity index (χ2n) is 11.8. The Hall–Kier alpha value is -6.35. The van der Waals surface area contributed by atoms with Gasteiger partial charge in [0.05, 0.1) is 25.6 Å². The van der Waals surface area contributed by atoms with E-state index in [0.29, 0.717) is 46.2 Å². The fourth-order valence-electron chi connectivity index (χ4n) is 5.51. The van der Waals surface area contributed by atoms with Crippen molar-refractivity contribution in [2.75, 3.05) is 14.2 Å². The minimum absolute atomic E-state index is 0.0702. The topological polar surface area (TPSA) is 61.6 Å². The highest BCUT2D eigenvalue weighted by Gasteiger charge is 2.53. The molecular formula is C43H35F3N2O4. The maximum Gasteiger partial charge on any atom is 0.402 e. The first-order valence-corrected chi connectivity index (χ1v) is 16.4. The summed E-state index contributed by atoms with van der Waals surface area (Å²) in [5.41, 5.74) is 0.845. The summed E-state index contributed by atoms with van der Waals surface area (Å²) >= 11 is 0. The Balaban J connectivity index is 1.13. The number of methoxy groups -OCH3 is 2. The third-order valence-corrected chi connectivity index (χ3v) is 8.46. The van der Waals surface area contributed by atoms with Crippen molar-refractivity contribution in [2.24, 2.45) is 9.98 Å². The first-order valence-electron chi connectivity index (χ1n) is 16.4. The Morgan fingerprint density at radius 1 is 0.442 bits per heavy atom. The van der Waals surface area contributed by atoms with Gasteiger partial charge in [0.1, 0.15) is 28.4 Å². The van der Waals surface area contributed by atoms with E-state index in [1.54, 1.807) is 62.8 Å². The summed E-state index contributed by atoms with van der Waals surface area (Å²) in [6, 6.07) is 45.0. The van der Waals surface area contributed by atoms with Crippen LogP contribution in [0.2, 0.25) is 0 Å². The minimum Gasteiger partial charge on any atom is -0.481 e. The summed E-state index contributed by atoms with van der Waals surface area (Å²) in [7, 11) is 3.12. The lowest BCUT2D eigenvalue weighted by Gasteiger charge is -2.33. The van der Waals surface area contributed by atoms with Crippen molar-refractivity contribution in [3.05, 3.63) is 180 Å². The van der Waals surface area contributed by atoms with Gasteiger partial charge in [0.2, 0.25) is 11.8 Å². The molecule has 6 aromatic rings. The van der Waals surface area contributed by atoms with Gasteiger partial charge in [-0.25, -0.2) is 9.98 Å². The number of ether oxygens (including phenoxy) is 4. The van der Waals surface area contributed by atoms with Crippen LogP contribution in [0, 0.1) is 0 Å². The third kappa shape index (κ3) is 8.16. The molecule has 52 heavy (non-hydrogen) atoms. The highest BCUT2D eigenvalue weighted by molar-refractivity contribution is 5.96. The number of aliphatic imine (C=N–C) groups is 2. The Morgan fingerprint density at radius 2 is 0.750 bits per heavy atom. The Labute approximate surface area is 300 Å². The minimum atomic E-state index is -4.59. The van der Waals surface area contributed by atoms with Crippen LogP contribution in [-0.2, 0) is 14.9 Å². The highest BCUT2D eigenvalue weighted by Crippen LogP contribution is 2.47. The second kappa shape index (κ2) is 15.7. The molecular weight excluding hydrogens is 665 g/mol. The Morgan fingerprint density at radius 3 is 1.04 bits per heavy atom. The van der Waals surface area contributed by atoms with E-state index in [-0.39, 0.29) is 11.1 Å². The van der Waals surface area contributed by atoms with Crippen LogP contribution < -0.4 is 9.47 Å². The molecule has 0 aromatic heterocycles. The van der Waals surface area contributed by atoms with Crippen LogP contribution in [0.3, 0.4) is 0 Å². The van der Waals surface area contributed by atoms with E-state index in [0.717, 1.165) is 11.1 Å². The quantitative estimate of drug-likeness (QED) is 0.105. The predicted octanol–water partition coefficient (Wildman–Crippen LogP) is 11.6. The van der Waals surface area contributed by atoms with Gasteiger partial charge in [-0.05, 0) is 115 Å². The summed E-state index contributed by atoms with van der Waals surface area (Å²) in [6.07, 6.45) is -4.59. The summed E-state index contributed by atoms with van der Waals surface area (Å²) in [6.45, 7) is 1.17. The second-order valence-corrected chi connectivity index (χ2v) is 11.8. The van der Waals surface area contributed by atoms with Crippen LogP contribution in [0.25, 0.3) is 0 Å². The van der Waals surface area contributed by atoms with Crippen LogP contribution in [0.5, 0.6) is 23.0 Å². The number of benzene rings is 6. The highest BCUT2D eigenvalue weighted by atomic mass is 19.4. The number of hydrogen-bond acceptors (Lipinski definition) is 6. The Bertz CT molecular complexity index is 1970. The van der Waals surface area contributed by atoms with E-state index in [9.17, 15) is 13.2 Å². The molecule has 0 radical (unpaired) electrons. The standard InChI is InChI=1S/C43H35F3N2O4/c1-42(43(44,45)46,32-14-22-36(23-15-32)51-38-26-18-34(19-27-38)47-40(49-2)30-10-6-4-7-11-30)33-16-24-37(25-17-33)52-39-28-20-35(21-29-39)48-41(50-3)31-12-8-5-9-13-31/h4-29H,1-3H3. The largest absolute Gasteiger partial charge is 0.481 e. The molecule has 0 atom stereocenters. The lowest BCUT2D eigenvalue weighted by Crippen LogP contribution is -2.40. The molecule has 0 N–H and O–H groups in total. The molecule has 0 saturated carbocycles. The maximum atomic E-state index is 14.8. The average molecular weight is 701 g/mol. The van der Waals surface area contributed by atoms with Crippen molar-refractivity contribution in [3.63, 3.8) is 0 Å². The van der Waals surface area contributed by atoms with E-state index < -0.39 is 11.6 Å². The zero-order valence-electron chi connectivity index (χ0n) is 28.7. The number of rotatable bonds is 10. The van der Waals surface area contributed by atoms with Gasteiger partial charge in [-0.15, -0.1) is 0 Å². The van der Waals surface area contributed by atoms with Crippen molar-refractivity contribution >= 4 is 23.2 Å². The molecule has 0 heterocycles. The van der Waals surface area contributed by atoms with Gasteiger partial charge in [-0.2, -0.15) is 13.2 Å². The van der Waals surface area contributed by atoms with Gasteiger partial charge < -0.3 is 18.9 Å². The van der Waals surface area contributed by atoms with Crippen LogP contribution in [0.15, 0.2) is 168 Å². The molecule has 6 rings (SSSR count). The van der Waals surface area contributed by atoms with Gasteiger partial charge in [0.25, 0.3) is 0 Å². The molecule has 0 aliphatic rings. The molecule has 0 fully saturated rings. The molecule has 0 spiro atoms. The molecule has 9 heteroatoms. The van der Waals surface area contributed by atoms with Crippen molar-refractivity contribution in [2.45, 2.75) is 18.5 Å². The maximum absolute atomic E-state index is 14.8. The average Bonchev–Trinajstić information content (AvgIpc) is 3.18. The monoisotopic (exact) mass is 700 g/mol. The van der Waals surface area contributed by atoms with Gasteiger partial charge in [-0.1, -0.05) is 60.7 Å². The Kier molecular flexibility index (Phi) is 10.7. The first kappa shape index (κ1) is 35.5. The molecule has 0 aliphatic carbocycles. The SMILES string of the molecule is COC(=Nc1ccc(Oc2ccc(C(C)(c3ccc(Oc4ccc(N=C(OC)c5ccccc5)cc4)cc3)C(F)(F)F)cc2)cc1)c1ccccc1. The molecule has 0 unspecified atom stereocenters. The normalized spacial score (nSPS) is 13.2. The molecule has 0 bridgehead atoms. The van der Waals surface area contributed by atoms with Gasteiger partial charge in [0.15, 0.2) is 0 Å². The zero-order chi connectivity index (χ0) is 36.6. The van der Waals surface area contributed by atoms with Crippen molar-refractivity contribution in [3.8, 4) is 23.0 Å². The van der Waals surface area contributed by atoms with E-state index in [4.69, 9.17) is 18.9 Å². The summed E-state index contributed by atoms with van der Waals surface area (Å²) in [5.74, 6) is 2.74. The third-order valence-electron chi connectivity index (χ3n) is 8.46.